The maximum absolute atomic E-state index is 13.3. The second-order valence-electron chi connectivity index (χ2n) is 7.37. The fraction of sp³-hybridized carbons (Fsp3) is 0.500. The summed E-state index contributed by atoms with van der Waals surface area (Å²) < 4.78 is 50.7. The van der Waals surface area contributed by atoms with Gasteiger partial charge < -0.3 is 14.4 Å². The fourth-order valence-electron chi connectivity index (χ4n) is 4.09. The summed E-state index contributed by atoms with van der Waals surface area (Å²) in [6, 6.07) is 4.88. The molecule has 0 N–H and O–H groups in total. The molecule has 29 heavy (non-hydrogen) atoms. The van der Waals surface area contributed by atoms with E-state index in [9.17, 15) is 18.0 Å². The summed E-state index contributed by atoms with van der Waals surface area (Å²) in [6.07, 6.45) is -3.61. The molecule has 0 saturated carbocycles. The normalized spacial score (nSPS) is 19.2. The predicted octanol–water partition coefficient (Wildman–Crippen LogP) is 3.21. The van der Waals surface area contributed by atoms with Crippen molar-refractivity contribution in [2.45, 2.75) is 39.0 Å². The number of alkyl halides is 3. The molecule has 9 heteroatoms. The van der Waals surface area contributed by atoms with Crippen molar-refractivity contribution in [3.63, 3.8) is 0 Å². The lowest BCUT2D eigenvalue weighted by Gasteiger charge is -2.36. The largest absolute Gasteiger partial charge is 0.493 e. The summed E-state index contributed by atoms with van der Waals surface area (Å²) in [6.45, 7) is 3.67. The molecule has 2 aromatic rings. The van der Waals surface area contributed by atoms with Crippen molar-refractivity contribution in [3.05, 3.63) is 46.3 Å². The molecule has 0 aliphatic carbocycles. The summed E-state index contributed by atoms with van der Waals surface area (Å²) >= 11 is 0. The third-order valence-corrected chi connectivity index (χ3v) is 5.43. The van der Waals surface area contributed by atoms with Gasteiger partial charge in [-0.25, -0.2) is 0 Å². The first-order chi connectivity index (χ1) is 13.7. The number of ether oxygens (including phenoxy) is 2. The molecule has 2 aliphatic heterocycles. The van der Waals surface area contributed by atoms with E-state index < -0.39 is 18.8 Å². The highest BCUT2D eigenvalue weighted by Gasteiger charge is 2.36. The standard InChI is InChI=1S/C20H22F3N3O3/c1-12-18(13(2)26(24-12)11-20(21,22)23)16-10-28-8-6-25(16)19(27)15-3-4-17-14(9-15)5-7-29-17/h3-4,9,16H,5-8,10-11H2,1-2H3/t16-/m0/s1. The number of nitrogens with zero attached hydrogens (tertiary/aromatic N) is 3. The average Bonchev–Trinajstić information content (AvgIpc) is 3.23. The Morgan fingerprint density at radius 1 is 1.28 bits per heavy atom. The summed E-state index contributed by atoms with van der Waals surface area (Å²) in [5.74, 6) is 0.621. The minimum Gasteiger partial charge on any atom is -0.493 e. The topological polar surface area (TPSA) is 56.6 Å². The van der Waals surface area contributed by atoms with Gasteiger partial charge in [-0.2, -0.15) is 18.3 Å². The number of hydrogen-bond acceptors (Lipinski definition) is 4. The van der Waals surface area contributed by atoms with Crippen molar-refractivity contribution >= 4 is 5.91 Å². The van der Waals surface area contributed by atoms with E-state index in [4.69, 9.17) is 9.47 Å². The van der Waals surface area contributed by atoms with E-state index in [2.05, 4.69) is 5.10 Å². The van der Waals surface area contributed by atoms with E-state index in [1.807, 2.05) is 6.07 Å². The molecule has 1 aromatic heterocycles. The molecule has 0 unspecified atom stereocenters. The van der Waals surface area contributed by atoms with Gasteiger partial charge in [-0.3, -0.25) is 9.48 Å². The molecule has 2 aliphatic rings. The Bertz CT molecular complexity index is 939. The monoisotopic (exact) mass is 409 g/mol. The molecule has 156 valence electrons. The molecule has 1 atom stereocenters. The quantitative estimate of drug-likeness (QED) is 0.781. The van der Waals surface area contributed by atoms with Crippen molar-refractivity contribution in [2.75, 3.05) is 26.4 Å². The van der Waals surface area contributed by atoms with Crippen molar-refractivity contribution in [1.29, 1.82) is 0 Å². The lowest BCUT2D eigenvalue weighted by Crippen LogP contribution is -2.43. The summed E-state index contributed by atoms with van der Waals surface area (Å²) in [5, 5.41) is 4.07. The van der Waals surface area contributed by atoms with Crippen LogP contribution in [0, 0.1) is 13.8 Å². The van der Waals surface area contributed by atoms with Gasteiger partial charge in [0.25, 0.3) is 5.91 Å². The highest BCUT2D eigenvalue weighted by Crippen LogP contribution is 2.33. The third-order valence-electron chi connectivity index (χ3n) is 5.43. The molecule has 4 rings (SSSR count). The van der Waals surface area contributed by atoms with Crippen LogP contribution in [0.3, 0.4) is 0 Å². The first-order valence-corrected chi connectivity index (χ1v) is 9.49. The maximum atomic E-state index is 13.3. The van der Waals surface area contributed by atoms with Gasteiger partial charge in [-0.05, 0) is 37.6 Å². The lowest BCUT2D eigenvalue weighted by molar-refractivity contribution is -0.143. The summed E-state index contributed by atoms with van der Waals surface area (Å²) in [7, 11) is 0. The van der Waals surface area contributed by atoms with E-state index in [0.717, 1.165) is 22.4 Å². The number of aryl methyl sites for hydroxylation is 1. The van der Waals surface area contributed by atoms with E-state index in [0.29, 0.717) is 42.3 Å². The van der Waals surface area contributed by atoms with Crippen LogP contribution < -0.4 is 4.74 Å². The zero-order valence-electron chi connectivity index (χ0n) is 16.3. The summed E-state index contributed by atoms with van der Waals surface area (Å²) in [4.78, 5) is 14.9. The van der Waals surface area contributed by atoms with Crippen LogP contribution in [0.25, 0.3) is 0 Å². The number of rotatable bonds is 3. The van der Waals surface area contributed by atoms with Crippen LogP contribution in [-0.2, 0) is 17.7 Å². The number of carbonyl (C=O) groups is 1. The molecule has 1 amide bonds. The Hall–Kier alpha value is -2.55. The Kier molecular flexibility index (Phi) is 5.02. The van der Waals surface area contributed by atoms with Crippen molar-refractivity contribution < 1.29 is 27.4 Å². The van der Waals surface area contributed by atoms with E-state index >= 15 is 0 Å². The SMILES string of the molecule is Cc1nn(CC(F)(F)F)c(C)c1[C@@H]1COCCN1C(=O)c1ccc2c(c1)CCO2. The van der Waals surface area contributed by atoms with E-state index in [1.165, 1.54) is 0 Å². The van der Waals surface area contributed by atoms with Gasteiger partial charge in [0, 0.05) is 29.8 Å². The van der Waals surface area contributed by atoms with Crippen molar-refractivity contribution in [2.24, 2.45) is 0 Å². The third kappa shape index (κ3) is 3.83. The van der Waals surface area contributed by atoms with Gasteiger partial charge in [-0.1, -0.05) is 0 Å². The van der Waals surface area contributed by atoms with Crippen LogP contribution in [-0.4, -0.2) is 53.1 Å². The Morgan fingerprint density at radius 2 is 2.07 bits per heavy atom. The average molecular weight is 409 g/mol. The number of benzene rings is 1. The second kappa shape index (κ2) is 7.37. The van der Waals surface area contributed by atoms with Crippen LogP contribution in [0.4, 0.5) is 13.2 Å². The van der Waals surface area contributed by atoms with Gasteiger partial charge in [0.05, 0.1) is 31.6 Å². The zero-order valence-corrected chi connectivity index (χ0v) is 16.3. The predicted molar refractivity (Wildman–Crippen MR) is 98.0 cm³/mol. The van der Waals surface area contributed by atoms with Crippen LogP contribution in [0.5, 0.6) is 5.75 Å². The van der Waals surface area contributed by atoms with Crippen LogP contribution in [0.1, 0.15) is 38.9 Å². The first kappa shape index (κ1) is 19.8. The molecule has 0 spiro atoms. The number of carbonyl (C=O) groups excluding carboxylic acids is 1. The molecular formula is C20H22F3N3O3. The number of amides is 1. The molecule has 6 nitrogen and oxygen atoms in total. The molecule has 3 heterocycles. The van der Waals surface area contributed by atoms with Gasteiger partial charge >= 0.3 is 6.18 Å². The van der Waals surface area contributed by atoms with E-state index in [-0.39, 0.29) is 12.5 Å². The lowest BCUT2D eigenvalue weighted by atomic mass is 10.0. The summed E-state index contributed by atoms with van der Waals surface area (Å²) in [5.41, 5.74) is 3.02. The van der Waals surface area contributed by atoms with Gasteiger partial charge in [0.15, 0.2) is 0 Å². The highest BCUT2D eigenvalue weighted by molar-refractivity contribution is 5.95. The van der Waals surface area contributed by atoms with E-state index in [1.54, 1.807) is 30.9 Å². The molecule has 0 bridgehead atoms. The van der Waals surface area contributed by atoms with Crippen molar-refractivity contribution in [3.8, 4) is 5.75 Å². The van der Waals surface area contributed by atoms with Crippen LogP contribution in [0.15, 0.2) is 18.2 Å². The minimum atomic E-state index is -4.37. The molecule has 1 saturated heterocycles. The Balaban J connectivity index is 1.65. The van der Waals surface area contributed by atoms with Gasteiger partial charge in [-0.15, -0.1) is 0 Å². The van der Waals surface area contributed by atoms with Crippen LogP contribution in [0.2, 0.25) is 0 Å². The number of hydrogen-bond donors (Lipinski definition) is 0. The first-order valence-electron chi connectivity index (χ1n) is 9.49. The second-order valence-corrected chi connectivity index (χ2v) is 7.37. The highest BCUT2D eigenvalue weighted by atomic mass is 19.4. The Morgan fingerprint density at radius 3 is 2.83 bits per heavy atom. The fourth-order valence-corrected chi connectivity index (χ4v) is 4.09. The molecular weight excluding hydrogens is 387 g/mol. The molecule has 1 aromatic carbocycles. The number of fused-ring (bicyclic) bond motifs is 1. The minimum absolute atomic E-state index is 0.171. The smallest absolute Gasteiger partial charge is 0.408 e. The number of halogens is 3. The van der Waals surface area contributed by atoms with Gasteiger partial charge in [0.1, 0.15) is 12.3 Å². The van der Waals surface area contributed by atoms with Crippen molar-refractivity contribution in [1.82, 2.24) is 14.7 Å². The van der Waals surface area contributed by atoms with Gasteiger partial charge in [0.2, 0.25) is 0 Å². The number of morpholine rings is 1. The number of aromatic nitrogens is 2. The maximum Gasteiger partial charge on any atom is 0.408 e. The van der Waals surface area contributed by atoms with Crippen LogP contribution >= 0.6 is 0 Å². The Labute approximate surface area is 166 Å². The zero-order chi connectivity index (χ0) is 20.8. The molecule has 0 radical (unpaired) electrons. The molecule has 1 fully saturated rings.